The molecule has 28 heavy (non-hydrogen) atoms. The van der Waals surface area contributed by atoms with E-state index in [-0.39, 0.29) is 18.4 Å². The van der Waals surface area contributed by atoms with Crippen LogP contribution in [0.25, 0.3) is 0 Å². The maximum absolute atomic E-state index is 12.5. The van der Waals surface area contributed by atoms with Crippen molar-refractivity contribution in [3.63, 3.8) is 0 Å². The van der Waals surface area contributed by atoms with Gasteiger partial charge in [0.25, 0.3) is 5.91 Å². The van der Waals surface area contributed by atoms with E-state index >= 15 is 0 Å². The van der Waals surface area contributed by atoms with E-state index in [4.69, 9.17) is 14.6 Å². The summed E-state index contributed by atoms with van der Waals surface area (Å²) >= 11 is 3.46. The minimum absolute atomic E-state index is 0.0164. The summed E-state index contributed by atoms with van der Waals surface area (Å²) in [6, 6.07) is 15.6. The van der Waals surface area contributed by atoms with Crippen LogP contribution in [0.2, 0.25) is 0 Å². The molecule has 6 heteroatoms. The molecule has 0 fully saturated rings. The van der Waals surface area contributed by atoms with Crippen molar-refractivity contribution in [2.45, 2.75) is 31.8 Å². The van der Waals surface area contributed by atoms with Crippen molar-refractivity contribution >= 4 is 21.8 Å². The minimum atomic E-state index is -0.518. The van der Waals surface area contributed by atoms with E-state index in [1.807, 2.05) is 54.6 Å². The lowest BCUT2D eigenvalue weighted by molar-refractivity contribution is -0.154. The lowest BCUT2D eigenvalue weighted by atomic mass is 9.93. The molecule has 0 aliphatic carbocycles. The number of likely N-dealkylation sites (N-methyl/N-ethyl adjacent to an activating group) is 1. The highest BCUT2D eigenvalue weighted by Gasteiger charge is 2.29. The molecule has 2 aromatic carbocycles. The number of benzene rings is 2. The highest BCUT2D eigenvalue weighted by atomic mass is 79.9. The maximum Gasteiger partial charge on any atom is 0.288 e. The SMILES string of the molecule is CN(C)C(=O)C1=C[C@@H](c2ccc(Br)cc2)C[C@@H](OCc2ccc(CO)cc2)O1. The lowest BCUT2D eigenvalue weighted by Crippen LogP contribution is -2.32. The molecule has 1 aliphatic rings. The van der Waals surface area contributed by atoms with E-state index < -0.39 is 6.29 Å². The monoisotopic (exact) mass is 445 g/mol. The summed E-state index contributed by atoms with van der Waals surface area (Å²) in [5.74, 6) is 0.162. The molecule has 2 atom stereocenters. The maximum atomic E-state index is 12.5. The predicted octanol–water partition coefficient (Wildman–Crippen LogP) is 3.96. The van der Waals surface area contributed by atoms with Gasteiger partial charge in [-0.25, -0.2) is 0 Å². The second-order valence-electron chi connectivity index (χ2n) is 6.96. The van der Waals surface area contributed by atoms with E-state index in [9.17, 15) is 4.79 Å². The normalized spacial score (nSPS) is 18.9. The van der Waals surface area contributed by atoms with Crippen molar-refractivity contribution in [3.05, 3.63) is 81.5 Å². The van der Waals surface area contributed by atoms with Gasteiger partial charge in [-0.05, 0) is 34.9 Å². The van der Waals surface area contributed by atoms with E-state index in [1.165, 1.54) is 4.90 Å². The Bertz CT molecular complexity index is 831. The van der Waals surface area contributed by atoms with Crippen LogP contribution in [-0.4, -0.2) is 36.3 Å². The summed E-state index contributed by atoms with van der Waals surface area (Å²) in [4.78, 5) is 14.0. The van der Waals surface area contributed by atoms with Crippen LogP contribution in [0.4, 0.5) is 0 Å². The van der Waals surface area contributed by atoms with Gasteiger partial charge in [-0.3, -0.25) is 4.79 Å². The van der Waals surface area contributed by atoms with Crippen molar-refractivity contribution in [2.75, 3.05) is 14.1 Å². The third kappa shape index (κ3) is 5.22. The number of rotatable bonds is 6. The number of allylic oxidation sites excluding steroid dienone is 1. The Balaban J connectivity index is 1.74. The number of aliphatic hydroxyl groups excluding tert-OH is 1. The van der Waals surface area contributed by atoms with Crippen LogP contribution in [0, 0.1) is 0 Å². The average Bonchev–Trinajstić information content (AvgIpc) is 2.72. The molecule has 5 nitrogen and oxygen atoms in total. The van der Waals surface area contributed by atoms with Gasteiger partial charge < -0.3 is 19.5 Å². The third-order valence-electron chi connectivity index (χ3n) is 4.61. The van der Waals surface area contributed by atoms with Crippen LogP contribution >= 0.6 is 15.9 Å². The van der Waals surface area contributed by atoms with Crippen molar-refractivity contribution < 1.29 is 19.4 Å². The molecule has 0 bridgehead atoms. The van der Waals surface area contributed by atoms with Gasteiger partial charge in [-0.1, -0.05) is 52.3 Å². The first-order valence-electron chi connectivity index (χ1n) is 9.12. The van der Waals surface area contributed by atoms with E-state index in [1.54, 1.807) is 14.1 Å². The predicted molar refractivity (Wildman–Crippen MR) is 110 cm³/mol. The molecule has 148 valence electrons. The molecule has 1 aliphatic heterocycles. The number of halogens is 1. The third-order valence-corrected chi connectivity index (χ3v) is 5.14. The highest BCUT2D eigenvalue weighted by Crippen LogP contribution is 2.32. The Kier molecular flexibility index (Phi) is 6.88. The average molecular weight is 446 g/mol. The van der Waals surface area contributed by atoms with Gasteiger partial charge in [0.15, 0.2) is 5.76 Å². The molecular weight excluding hydrogens is 422 g/mol. The Labute approximate surface area is 173 Å². The fourth-order valence-corrected chi connectivity index (χ4v) is 3.27. The van der Waals surface area contributed by atoms with Crippen molar-refractivity contribution in [1.82, 2.24) is 4.90 Å². The zero-order valence-corrected chi connectivity index (χ0v) is 17.6. The number of carbonyl (C=O) groups excluding carboxylic acids is 1. The molecule has 3 rings (SSSR count). The number of carbonyl (C=O) groups is 1. The van der Waals surface area contributed by atoms with Gasteiger partial charge in [-0.2, -0.15) is 0 Å². The summed E-state index contributed by atoms with van der Waals surface area (Å²) < 4.78 is 12.8. The fourth-order valence-electron chi connectivity index (χ4n) is 3.00. The van der Waals surface area contributed by atoms with Crippen LogP contribution in [0.15, 0.2) is 64.8 Å². The number of aliphatic hydroxyl groups is 1. The summed E-state index contributed by atoms with van der Waals surface area (Å²) in [7, 11) is 3.41. The Morgan fingerprint density at radius 2 is 1.79 bits per heavy atom. The zero-order chi connectivity index (χ0) is 20.1. The molecule has 0 aromatic heterocycles. The number of nitrogens with zero attached hydrogens (tertiary/aromatic N) is 1. The lowest BCUT2D eigenvalue weighted by Gasteiger charge is -2.30. The molecule has 0 spiro atoms. The standard InChI is InChI=1S/C22H24BrNO4/c1-24(2)22(26)20-11-18(17-7-9-19(23)10-8-17)12-21(28-20)27-14-16-5-3-15(13-25)4-6-16/h3-11,18,21,25H,12-14H2,1-2H3/t18-,21+/m1/s1. The molecule has 1 heterocycles. The van der Waals surface area contributed by atoms with Crippen LogP contribution in [0.5, 0.6) is 0 Å². The summed E-state index contributed by atoms with van der Waals surface area (Å²) in [6.45, 7) is 0.384. The van der Waals surface area contributed by atoms with Gasteiger partial charge >= 0.3 is 0 Å². The van der Waals surface area contributed by atoms with E-state index in [0.29, 0.717) is 18.8 Å². The van der Waals surface area contributed by atoms with Gasteiger partial charge in [-0.15, -0.1) is 0 Å². The largest absolute Gasteiger partial charge is 0.459 e. The first-order valence-corrected chi connectivity index (χ1v) is 9.91. The quantitative estimate of drug-likeness (QED) is 0.730. The first-order chi connectivity index (χ1) is 13.5. The van der Waals surface area contributed by atoms with Crippen LogP contribution in [0.3, 0.4) is 0 Å². The summed E-state index contributed by atoms with van der Waals surface area (Å²) in [6.07, 6.45) is 1.98. The smallest absolute Gasteiger partial charge is 0.288 e. The Morgan fingerprint density at radius 1 is 1.14 bits per heavy atom. The van der Waals surface area contributed by atoms with Crippen LogP contribution in [-0.2, 0) is 27.5 Å². The number of hydrogen-bond donors (Lipinski definition) is 1. The van der Waals surface area contributed by atoms with Gasteiger partial charge in [0, 0.05) is 30.9 Å². The first kappa shape index (κ1) is 20.6. The molecule has 1 N–H and O–H groups in total. The molecule has 2 aromatic rings. The van der Waals surface area contributed by atoms with E-state index in [0.717, 1.165) is 21.2 Å². The second kappa shape index (κ2) is 9.37. The second-order valence-corrected chi connectivity index (χ2v) is 7.87. The molecule has 0 radical (unpaired) electrons. The van der Waals surface area contributed by atoms with Gasteiger partial charge in [0.1, 0.15) is 0 Å². The zero-order valence-electron chi connectivity index (χ0n) is 16.0. The van der Waals surface area contributed by atoms with Crippen molar-refractivity contribution in [2.24, 2.45) is 0 Å². The van der Waals surface area contributed by atoms with E-state index in [2.05, 4.69) is 15.9 Å². The minimum Gasteiger partial charge on any atom is -0.459 e. The molecular formula is C22H24BrNO4. The topological polar surface area (TPSA) is 59.0 Å². The molecule has 0 unspecified atom stereocenters. The van der Waals surface area contributed by atoms with Crippen LogP contribution < -0.4 is 0 Å². The van der Waals surface area contributed by atoms with Crippen molar-refractivity contribution in [1.29, 1.82) is 0 Å². The number of ether oxygens (including phenoxy) is 2. The van der Waals surface area contributed by atoms with Gasteiger partial charge in [0.05, 0.1) is 13.2 Å². The van der Waals surface area contributed by atoms with Crippen molar-refractivity contribution in [3.8, 4) is 0 Å². The fraction of sp³-hybridized carbons (Fsp3) is 0.318. The number of hydrogen-bond acceptors (Lipinski definition) is 4. The van der Waals surface area contributed by atoms with Gasteiger partial charge in [0.2, 0.25) is 6.29 Å². The molecule has 0 saturated carbocycles. The number of amides is 1. The Hall–Kier alpha value is -2.15. The molecule has 0 saturated heterocycles. The Morgan fingerprint density at radius 3 is 2.39 bits per heavy atom. The summed E-state index contributed by atoms with van der Waals surface area (Å²) in [5.41, 5.74) is 2.95. The molecule has 1 amide bonds. The van der Waals surface area contributed by atoms with Crippen LogP contribution in [0.1, 0.15) is 29.0 Å². The highest BCUT2D eigenvalue weighted by molar-refractivity contribution is 9.10. The summed E-state index contributed by atoms with van der Waals surface area (Å²) in [5, 5.41) is 9.15.